The molecule has 0 fully saturated rings. The molecule has 0 rings (SSSR count). The Labute approximate surface area is 95.0 Å². The summed E-state index contributed by atoms with van der Waals surface area (Å²) in [5, 5.41) is 0. The van der Waals surface area contributed by atoms with Crippen LogP contribution in [0, 0.1) is 0 Å². The molecule has 0 spiro atoms. The maximum atomic E-state index is 5.53. The van der Waals surface area contributed by atoms with Gasteiger partial charge in [-0.15, -0.1) is 12.4 Å². The first-order valence-corrected chi connectivity index (χ1v) is 4.29. The normalized spacial score (nSPS) is 9.23. The van der Waals surface area contributed by atoms with Gasteiger partial charge >= 0.3 is 0 Å². The van der Waals surface area contributed by atoms with Gasteiger partial charge in [-0.05, 0) is 20.8 Å². The van der Waals surface area contributed by atoms with Crippen LogP contribution in [0.1, 0.15) is 20.8 Å². The fourth-order valence-corrected chi connectivity index (χ4v) is 1.42. The van der Waals surface area contributed by atoms with Crippen LogP contribution in [0.3, 0.4) is 0 Å². The van der Waals surface area contributed by atoms with E-state index in [0.29, 0.717) is 0 Å². The second-order valence-electron chi connectivity index (χ2n) is 2.80. The average molecular weight is 234 g/mol. The van der Waals surface area contributed by atoms with Gasteiger partial charge in [0.2, 0.25) is 0 Å². The molecular weight excluding hydrogens is 209 g/mol. The maximum absolute atomic E-state index is 5.53. The highest BCUT2D eigenvalue weighted by Gasteiger charge is 2.18. The van der Waals surface area contributed by atoms with Crippen molar-refractivity contribution in [2.45, 2.75) is 20.8 Å². The predicted octanol–water partition coefficient (Wildman–Crippen LogP) is -1.59. The zero-order valence-corrected chi connectivity index (χ0v) is 10.6. The molecule has 0 atom stereocenters. The lowest BCUT2D eigenvalue weighted by atomic mass is 10.3. The molecule has 0 aromatic heterocycles. The van der Waals surface area contributed by atoms with Crippen LogP contribution in [0.4, 0.5) is 0 Å². The SMILES string of the molecule is CC[N+](CC)(CC)CCN.Cl.N.[Cl-]. The van der Waals surface area contributed by atoms with E-state index in [-0.39, 0.29) is 31.0 Å². The second-order valence-corrected chi connectivity index (χ2v) is 2.80. The van der Waals surface area contributed by atoms with E-state index in [0.717, 1.165) is 13.1 Å². The Bertz CT molecular complexity index is 79.2. The van der Waals surface area contributed by atoms with Gasteiger partial charge in [0.05, 0.1) is 26.2 Å². The van der Waals surface area contributed by atoms with Crippen LogP contribution in [0.2, 0.25) is 0 Å². The molecule has 0 aromatic carbocycles. The van der Waals surface area contributed by atoms with E-state index in [1.54, 1.807) is 0 Å². The van der Waals surface area contributed by atoms with Crippen LogP contribution in [-0.2, 0) is 0 Å². The molecule has 86 valence electrons. The first-order valence-electron chi connectivity index (χ1n) is 4.29. The monoisotopic (exact) mass is 233 g/mol. The molecule has 0 saturated heterocycles. The molecule has 0 unspecified atom stereocenters. The number of halogens is 2. The fraction of sp³-hybridized carbons (Fsp3) is 1.00. The summed E-state index contributed by atoms with van der Waals surface area (Å²) in [6.45, 7) is 12.3. The largest absolute Gasteiger partial charge is 1.00 e. The fourth-order valence-electron chi connectivity index (χ4n) is 1.42. The van der Waals surface area contributed by atoms with E-state index in [2.05, 4.69) is 20.8 Å². The molecule has 0 bridgehead atoms. The zero-order valence-electron chi connectivity index (χ0n) is 9.05. The molecule has 13 heavy (non-hydrogen) atoms. The summed E-state index contributed by atoms with van der Waals surface area (Å²) in [5.74, 6) is 0. The van der Waals surface area contributed by atoms with E-state index in [4.69, 9.17) is 5.73 Å². The Morgan fingerprint density at radius 2 is 1.31 bits per heavy atom. The molecule has 5 heteroatoms. The second kappa shape index (κ2) is 12.5. The molecule has 0 saturated carbocycles. The van der Waals surface area contributed by atoms with Crippen molar-refractivity contribution in [2.75, 3.05) is 32.7 Å². The molecule has 0 aliphatic rings. The number of likely N-dealkylation sites (N-methyl/N-ethyl adjacent to an activating group) is 1. The first kappa shape index (κ1) is 23.4. The van der Waals surface area contributed by atoms with Crippen LogP contribution in [0.15, 0.2) is 0 Å². The Morgan fingerprint density at radius 1 is 1.00 bits per heavy atom. The number of nitrogens with zero attached hydrogens (tertiary/aromatic N) is 1. The minimum Gasteiger partial charge on any atom is -1.00 e. The van der Waals surface area contributed by atoms with Crippen LogP contribution in [-0.4, -0.2) is 37.2 Å². The Balaban J connectivity index is -0.000000135. The van der Waals surface area contributed by atoms with E-state index >= 15 is 0 Å². The molecule has 0 aliphatic carbocycles. The summed E-state index contributed by atoms with van der Waals surface area (Å²) in [7, 11) is 0. The summed E-state index contributed by atoms with van der Waals surface area (Å²) in [4.78, 5) is 0. The quantitative estimate of drug-likeness (QED) is 0.563. The number of rotatable bonds is 5. The van der Waals surface area contributed by atoms with Crippen molar-refractivity contribution in [3.05, 3.63) is 0 Å². The minimum atomic E-state index is 0. The highest BCUT2D eigenvalue weighted by atomic mass is 35.5. The van der Waals surface area contributed by atoms with Gasteiger partial charge in [0.15, 0.2) is 0 Å². The minimum absolute atomic E-state index is 0. The van der Waals surface area contributed by atoms with Gasteiger partial charge in [-0.3, -0.25) is 0 Å². The Hall–Kier alpha value is 0.460. The maximum Gasteiger partial charge on any atom is 0.0911 e. The predicted molar refractivity (Wildman–Crippen MR) is 58.1 cm³/mol. The van der Waals surface area contributed by atoms with Crippen LogP contribution in [0.25, 0.3) is 0 Å². The zero-order chi connectivity index (χ0) is 8.04. The summed E-state index contributed by atoms with van der Waals surface area (Å²) in [6.07, 6.45) is 0. The molecule has 5 N–H and O–H groups in total. The van der Waals surface area contributed by atoms with Crippen molar-refractivity contribution < 1.29 is 16.9 Å². The molecule has 3 nitrogen and oxygen atoms in total. The van der Waals surface area contributed by atoms with Crippen molar-refractivity contribution in [3.8, 4) is 0 Å². The molecule has 0 amide bonds. The lowest BCUT2D eigenvalue weighted by molar-refractivity contribution is -0.921. The van der Waals surface area contributed by atoms with Crippen molar-refractivity contribution in [3.63, 3.8) is 0 Å². The molecule has 0 radical (unpaired) electrons. The molecular formula is C8H25Cl2N3. The van der Waals surface area contributed by atoms with Gasteiger partial charge in [0, 0.05) is 6.54 Å². The molecule has 0 aliphatic heterocycles. The van der Waals surface area contributed by atoms with E-state index < -0.39 is 0 Å². The van der Waals surface area contributed by atoms with E-state index in [1.807, 2.05) is 0 Å². The summed E-state index contributed by atoms with van der Waals surface area (Å²) < 4.78 is 1.18. The van der Waals surface area contributed by atoms with Crippen molar-refractivity contribution in [1.29, 1.82) is 0 Å². The lowest BCUT2D eigenvalue weighted by Gasteiger charge is -2.35. The smallest absolute Gasteiger partial charge is 0.0911 e. The van der Waals surface area contributed by atoms with Gasteiger partial charge in [0.25, 0.3) is 0 Å². The van der Waals surface area contributed by atoms with Crippen LogP contribution >= 0.6 is 12.4 Å². The van der Waals surface area contributed by atoms with Crippen molar-refractivity contribution >= 4 is 12.4 Å². The standard InChI is InChI=1S/C8H21N2.2ClH.H3N/c1-4-10(5-2,6-3)8-7-9;;;/h4-9H2,1-3H3;2*1H;1H3/q+1;;;/p-1. The number of quaternary nitrogens is 1. The lowest BCUT2D eigenvalue weighted by Crippen LogP contribution is -3.00. The van der Waals surface area contributed by atoms with E-state index in [1.165, 1.54) is 24.1 Å². The number of hydrogen-bond donors (Lipinski definition) is 2. The highest BCUT2D eigenvalue weighted by Crippen LogP contribution is 2.03. The van der Waals surface area contributed by atoms with Crippen LogP contribution < -0.4 is 24.3 Å². The van der Waals surface area contributed by atoms with Crippen LogP contribution in [0.5, 0.6) is 0 Å². The molecule has 0 heterocycles. The average Bonchev–Trinajstić information content (AvgIpc) is 2.01. The van der Waals surface area contributed by atoms with Gasteiger partial charge in [-0.25, -0.2) is 0 Å². The third-order valence-corrected chi connectivity index (χ3v) is 2.62. The summed E-state index contributed by atoms with van der Waals surface area (Å²) in [6, 6.07) is 0. The van der Waals surface area contributed by atoms with E-state index in [9.17, 15) is 0 Å². The first-order chi connectivity index (χ1) is 4.74. The molecule has 0 aromatic rings. The van der Waals surface area contributed by atoms with Crippen molar-refractivity contribution in [2.24, 2.45) is 5.73 Å². The van der Waals surface area contributed by atoms with Gasteiger partial charge in [-0.2, -0.15) is 0 Å². The number of nitrogens with two attached hydrogens (primary N) is 1. The summed E-state index contributed by atoms with van der Waals surface area (Å²) >= 11 is 0. The third-order valence-electron chi connectivity index (χ3n) is 2.62. The number of hydrogen-bond acceptors (Lipinski definition) is 2. The third kappa shape index (κ3) is 7.52. The topological polar surface area (TPSA) is 61.0 Å². The van der Waals surface area contributed by atoms with Gasteiger partial charge in [0.1, 0.15) is 0 Å². The van der Waals surface area contributed by atoms with Crippen molar-refractivity contribution in [1.82, 2.24) is 6.15 Å². The van der Waals surface area contributed by atoms with Gasteiger partial charge < -0.3 is 28.8 Å². The highest BCUT2D eigenvalue weighted by molar-refractivity contribution is 5.85. The Morgan fingerprint density at radius 3 is 1.38 bits per heavy atom. The van der Waals surface area contributed by atoms with Gasteiger partial charge in [-0.1, -0.05) is 0 Å². The summed E-state index contributed by atoms with van der Waals surface area (Å²) in [5.41, 5.74) is 5.53. The Kier molecular flexibility index (Phi) is 22.4.